The van der Waals surface area contributed by atoms with Crippen LogP contribution in [0.3, 0.4) is 0 Å². The van der Waals surface area contributed by atoms with Crippen LogP contribution in [-0.2, 0) is 20.0 Å². The fourth-order valence-corrected chi connectivity index (χ4v) is 2.41. The number of hydrogen-bond donors (Lipinski definition) is 1. The number of nitrogens with zero attached hydrogens (tertiary/aromatic N) is 4. The third-order valence-electron chi connectivity index (χ3n) is 3.43. The van der Waals surface area contributed by atoms with Gasteiger partial charge in [-0.1, -0.05) is 12.1 Å². The van der Waals surface area contributed by atoms with E-state index in [1.807, 2.05) is 7.05 Å². The average molecular weight is 255 g/mol. The maximum atomic E-state index is 5.66. The van der Waals surface area contributed by atoms with Gasteiger partial charge in [0.05, 0.1) is 6.54 Å². The van der Waals surface area contributed by atoms with Crippen LogP contribution in [0, 0.1) is 0 Å². The van der Waals surface area contributed by atoms with Crippen molar-refractivity contribution in [3.05, 3.63) is 48.2 Å². The number of rotatable bonds is 4. The molecule has 0 atom stereocenters. The van der Waals surface area contributed by atoms with Gasteiger partial charge < -0.3 is 10.3 Å². The van der Waals surface area contributed by atoms with Crippen LogP contribution in [0.25, 0.3) is 10.9 Å². The molecule has 5 heteroatoms. The number of nitrogens with two attached hydrogens (primary N) is 1. The number of aromatic nitrogens is 4. The predicted octanol–water partition coefficient (Wildman–Crippen LogP) is 1.32. The Morgan fingerprint density at radius 3 is 2.89 bits per heavy atom. The molecule has 2 heterocycles. The molecule has 0 aliphatic carbocycles. The molecule has 5 nitrogen and oxygen atoms in total. The van der Waals surface area contributed by atoms with Crippen LogP contribution in [0.15, 0.2) is 36.8 Å². The van der Waals surface area contributed by atoms with E-state index in [9.17, 15) is 0 Å². The zero-order valence-electron chi connectivity index (χ0n) is 11.0. The van der Waals surface area contributed by atoms with Gasteiger partial charge in [-0.05, 0) is 30.7 Å². The molecule has 0 bridgehead atoms. The van der Waals surface area contributed by atoms with Crippen molar-refractivity contribution in [2.75, 3.05) is 6.54 Å². The molecule has 0 saturated carbocycles. The zero-order chi connectivity index (χ0) is 13.2. The molecule has 3 rings (SSSR count). The third kappa shape index (κ3) is 2.13. The first kappa shape index (κ1) is 11.9. The predicted molar refractivity (Wildman–Crippen MR) is 74.8 cm³/mol. The maximum absolute atomic E-state index is 5.66. The largest absolute Gasteiger partial charge is 0.340 e. The average Bonchev–Trinajstić information content (AvgIpc) is 2.99. The number of aryl methyl sites for hydroxylation is 1. The Kier molecular flexibility index (Phi) is 3.05. The van der Waals surface area contributed by atoms with Crippen LogP contribution >= 0.6 is 0 Å². The minimum Gasteiger partial charge on any atom is -0.340 e. The summed E-state index contributed by atoms with van der Waals surface area (Å²) in [5.41, 5.74) is 8.18. The van der Waals surface area contributed by atoms with Gasteiger partial charge in [-0.15, -0.1) is 0 Å². The Morgan fingerprint density at radius 1 is 1.26 bits per heavy atom. The van der Waals surface area contributed by atoms with Gasteiger partial charge in [0.15, 0.2) is 0 Å². The molecule has 0 saturated heterocycles. The van der Waals surface area contributed by atoms with Crippen molar-refractivity contribution >= 4 is 10.9 Å². The van der Waals surface area contributed by atoms with Crippen LogP contribution in [0.5, 0.6) is 0 Å². The normalized spacial score (nSPS) is 11.3. The summed E-state index contributed by atoms with van der Waals surface area (Å²) < 4.78 is 3.99. The van der Waals surface area contributed by atoms with E-state index < -0.39 is 0 Å². The highest BCUT2D eigenvalue weighted by Crippen LogP contribution is 2.21. The first-order valence-corrected chi connectivity index (χ1v) is 6.39. The highest BCUT2D eigenvalue weighted by atomic mass is 15.3. The Morgan fingerprint density at radius 2 is 2.16 bits per heavy atom. The molecule has 0 spiro atoms. The highest BCUT2D eigenvalue weighted by Gasteiger charge is 2.07. The molecule has 2 N–H and O–H groups in total. The minimum atomic E-state index is 0.674. The van der Waals surface area contributed by atoms with Gasteiger partial charge in [0.1, 0.15) is 12.2 Å². The molecule has 3 aromatic rings. The molecule has 0 aliphatic rings. The summed E-state index contributed by atoms with van der Waals surface area (Å²) in [6.07, 6.45) is 4.59. The molecule has 19 heavy (non-hydrogen) atoms. The Balaban J connectivity index is 2.01. The summed E-state index contributed by atoms with van der Waals surface area (Å²) in [4.78, 5) is 4.27. The van der Waals surface area contributed by atoms with E-state index in [-0.39, 0.29) is 0 Å². The van der Waals surface area contributed by atoms with Crippen LogP contribution in [0.2, 0.25) is 0 Å². The summed E-state index contributed by atoms with van der Waals surface area (Å²) in [5, 5.41) is 5.37. The molecular weight excluding hydrogens is 238 g/mol. The Hall–Kier alpha value is -2.14. The van der Waals surface area contributed by atoms with E-state index in [4.69, 9.17) is 5.73 Å². The van der Waals surface area contributed by atoms with Gasteiger partial charge in [0, 0.05) is 24.1 Å². The van der Waals surface area contributed by atoms with E-state index in [1.54, 1.807) is 11.0 Å². The van der Waals surface area contributed by atoms with Crippen LogP contribution in [0.4, 0.5) is 0 Å². The van der Waals surface area contributed by atoms with E-state index >= 15 is 0 Å². The molecule has 0 fully saturated rings. The molecule has 0 unspecified atom stereocenters. The second kappa shape index (κ2) is 4.85. The Labute approximate surface area is 111 Å². The quantitative estimate of drug-likeness (QED) is 0.764. The van der Waals surface area contributed by atoms with Crippen molar-refractivity contribution in [3.63, 3.8) is 0 Å². The van der Waals surface area contributed by atoms with E-state index in [1.165, 1.54) is 16.5 Å². The van der Waals surface area contributed by atoms with Crippen LogP contribution in [-0.4, -0.2) is 25.9 Å². The SMILES string of the molecule is Cn1ncnc1Cn1ccc2c(CCN)cccc21. The molecule has 98 valence electrons. The second-order valence-electron chi connectivity index (χ2n) is 4.63. The maximum Gasteiger partial charge on any atom is 0.146 e. The molecule has 0 radical (unpaired) electrons. The summed E-state index contributed by atoms with van der Waals surface area (Å²) in [6.45, 7) is 1.40. The minimum absolute atomic E-state index is 0.674. The lowest BCUT2D eigenvalue weighted by Crippen LogP contribution is -2.06. The molecule has 0 aliphatic heterocycles. The van der Waals surface area contributed by atoms with E-state index in [2.05, 4.69) is 45.1 Å². The van der Waals surface area contributed by atoms with Gasteiger partial charge in [-0.3, -0.25) is 4.68 Å². The smallest absolute Gasteiger partial charge is 0.146 e. The second-order valence-corrected chi connectivity index (χ2v) is 4.63. The Bertz CT molecular complexity index is 695. The van der Waals surface area contributed by atoms with Gasteiger partial charge in [0.25, 0.3) is 0 Å². The lowest BCUT2D eigenvalue weighted by atomic mass is 10.1. The van der Waals surface area contributed by atoms with Gasteiger partial charge >= 0.3 is 0 Å². The molecular formula is C14H17N5. The molecule has 0 amide bonds. The standard InChI is InChI=1S/C14H17N5/c1-18-14(16-10-17-18)9-19-8-6-12-11(5-7-15)3-2-4-13(12)19/h2-4,6,8,10H,5,7,9,15H2,1H3. The topological polar surface area (TPSA) is 61.7 Å². The van der Waals surface area contributed by atoms with E-state index in [0.29, 0.717) is 6.54 Å². The van der Waals surface area contributed by atoms with E-state index in [0.717, 1.165) is 18.8 Å². The van der Waals surface area contributed by atoms with Crippen molar-refractivity contribution in [1.82, 2.24) is 19.3 Å². The summed E-state index contributed by atoms with van der Waals surface area (Å²) in [7, 11) is 1.91. The lowest BCUT2D eigenvalue weighted by Gasteiger charge is -2.06. The first-order chi connectivity index (χ1) is 9.29. The molecule has 2 aromatic heterocycles. The fourth-order valence-electron chi connectivity index (χ4n) is 2.41. The van der Waals surface area contributed by atoms with Crippen molar-refractivity contribution in [2.24, 2.45) is 12.8 Å². The number of benzene rings is 1. The monoisotopic (exact) mass is 255 g/mol. The number of hydrogen-bond acceptors (Lipinski definition) is 3. The lowest BCUT2D eigenvalue weighted by molar-refractivity contribution is 0.664. The number of fused-ring (bicyclic) bond motifs is 1. The highest BCUT2D eigenvalue weighted by molar-refractivity contribution is 5.83. The van der Waals surface area contributed by atoms with Crippen molar-refractivity contribution in [2.45, 2.75) is 13.0 Å². The van der Waals surface area contributed by atoms with Crippen LogP contribution in [0.1, 0.15) is 11.4 Å². The molecule has 1 aromatic carbocycles. The fraction of sp³-hybridized carbons (Fsp3) is 0.286. The summed E-state index contributed by atoms with van der Waals surface area (Å²) in [5.74, 6) is 0.946. The van der Waals surface area contributed by atoms with Crippen molar-refractivity contribution in [3.8, 4) is 0 Å². The summed E-state index contributed by atoms with van der Waals surface area (Å²) in [6, 6.07) is 8.50. The van der Waals surface area contributed by atoms with Gasteiger partial charge in [0.2, 0.25) is 0 Å². The van der Waals surface area contributed by atoms with Crippen molar-refractivity contribution in [1.29, 1.82) is 0 Å². The van der Waals surface area contributed by atoms with Gasteiger partial charge in [-0.25, -0.2) is 4.98 Å². The summed E-state index contributed by atoms with van der Waals surface area (Å²) >= 11 is 0. The zero-order valence-corrected chi connectivity index (χ0v) is 11.0. The van der Waals surface area contributed by atoms with Crippen molar-refractivity contribution < 1.29 is 0 Å². The third-order valence-corrected chi connectivity index (χ3v) is 3.43. The van der Waals surface area contributed by atoms with Crippen LogP contribution < -0.4 is 5.73 Å². The first-order valence-electron chi connectivity index (χ1n) is 6.39. The van der Waals surface area contributed by atoms with Gasteiger partial charge in [-0.2, -0.15) is 5.10 Å².